The molecule has 0 saturated carbocycles. The number of rotatable bonds is 7. The van der Waals surface area contributed by atoms with E-state index in [1.807, 2.05) is 6.21 Å². The first-order valence-corrected chi connectivity index (χ1v) is 12.2. The van der Waals surface area contributed by atoms with Crippen LogP contribution in [0.4, 0.5) is 11.4 Å². The lowest BCUT2D eigenvalue weighted by molar-refractivity contribution is 0.867. The molecule has 3 aromatic carbocycles. The molecule has 0 fully saturated rings. The van der Waals surface area contributed by atoms with E-state index in [0.29, 0.717) is 5.92 Å². The van der Waals surface area contributed by atoms with Crippen LogP contribution in [0.25, 0.3) is 0 Å². The number of hydrogen-bond donors (Lipinski definition) is 1. The lowest BCUT2D eigenvalue weighted by Gasteiger charge is -2.12. The van der Waals surface area contributed by atoms with Gasteiger partial charge in [0.25, 0.3) is 0 Å². The van der Waals surface area contributed by atoms with Crippen molar-refractivity contribution >= 4 is 32.0 Å². The smallest absolute Gasteiger partial charge is 0.412 e. The maximum Gasteiger partial charge on any atom is 0.412 e. The Kier molecular flexibility index (Phi) is 6.87. The zero-order valence-corrected chi connectivity index (χ0v) is 17.5. The fourth-order valence-electron chi connectivity index (χ4n) is 3.15. The minimum atomic E-state index is -1.12. The van der Waals surface area contributed by atoms with Crippen molar-refractivity contribution in [2.45, 2.75) is 30.8 Å². The highest BCUT2D eigenvalue weighted by atomic mass is 27.2. The van der Waals surface area contributed by atoms with Crippen LogP contribution in [0.1, 0.15) is 36.5 Å². The molecule has 3 heteroatoms. The second-order valence-electron chi connectivity index (χ2n) is 7.32. The van der Waals surface area contributed by atoms with Gasteiger partial charge in [-0.25, -0.2) is 0 Å². The van der Waals surface area contributed by atoms with Crippen molar-refractivity contribution in [1.29, 1.82) is 0 Å². The Morgan fingerprint density at radius 2 is 1.67 bits per heavy atom. The van der Waals surface area contributed by atoms with Gasteiger partial charge in [0.15, 0.2) is 0 Å². The molecule has 0 spiro atoms. The van der Waals surface area contributed by atoms with Crippen molar-refractivity contribution in [3.05, 3.63) is 95.6 Å². The zero-order chi connectivity index (χ0) is 19.1. The van der Waals surface area contributed by atoms with Crippen LogP contribution < -0.4 is 4.30 Å². The monoisotopic (exact) mass is 370 g/mol. The zero-order valence-electron chi connectivity index (χ0n) is 16.4. The van der Waals surface area contributed by atoms with E-state index in [-0.39, 0.29) is 0 Å². The first-order valence-electron chi connectivity index (χ1n) is 9.65. The fourth-order valence-corrected chi connectivity index (χ4v) is 5.05. The van der Waals surface area contributed by atoms with Crippen LogP contribution in [0.15, 0.2) is 83.9 Å². The fraction of sp³-hybridized carbons (Fsp3) is 0.208. The summed E-state index contributed by atoms with van der Waals surface area (Å²) in [4.78, 5) is 4.74. The van der Waals surface area contributed by atoms with Crippen LogP contribution in [0, 0.1) is 0 Å². The van der Waals surface area contributed by atoms with Crippen LogP contribution >= 0.6 is 0 Å². The van der Waals surface area contributed by atoms with Gasteiger partial charge in [-0.15, -0.1) is 0 Å². The number of benzene rings is 3. The van der Waals surface area contributed by atoms with Crippen LogP contribution in [-0.4, -0.2) is 20.6 Å². The summed E-state index contributed by atoms with van der Waals surface area (Å²) in [6.07, 6.45) is 2.01. The van der Waals surface area contributed by atoms with Gasteiger partial charge in [-0.3, -0.25) is 4.99 Å². The molecular formula is C24H27AlN2. The molecule has 0 aliphatic rings. The molecular weight excluding hydrogens is 343 g/mol. The highest BCUT2D eigenvalue weighted by Crippen LogP contribution is 2.21. The molecule has 0 aliphatic carbocycles. The van der Waals surface area contributed by atoms with Crippen molar-refractivity contribution in [2.24, 2.45) is 4.99 Å². The van der Waals surface area contributed by atoms with Crippen molar-refractivity contribution in [3.63, 3.8) is 0 Å². The van der Waals surface area contributed by atoms with Crippen molar-refractivity contribution < 1.29 is 0 Å². The van der Waals surface area contributed by atoms with E-state index in [4.69, 9.17) is 4.99 Å². The molecule has 3 aromatic rings. The summed E-state index contributed by atoms with van der Waals surface area (Å²) in [5.74, 6) is 2.87. The predicted molar refractivity (Wildman–Crippen MR) is 120 cm³/mol. The molecule has 0 unspecified atom stereocenters. The highest BCUT2D eigenvalue weighted by Gasteiger charge is 2.14. The highest BCUT2D eigenvalue weighted by molar-refractivity contribution is 6.60. The number of nitrogens with zero attached hydrogens (tertiary/aromatic N) is 1. The van der Waals surface area contributed by atoms with Gasteiger partial charge in [-0.1, -0.05) is 79.8 Å². The molecule has 0 amide bonds. The summed E-state index contributed by atoms with van der Waals surface area (Å²) < 4.78 is 3.71. The molecule has 136 valence electrons. The molecule has 0 heterocycles. The molecule has 0 atom stereocenters. The molecule has 0 aromatic heterocycles. The van der Waals surface area contributed by atoms with Crippen molar-refractivity contribution in [1.82, 2.24) is 0 Å². The van der Waals surface area contributed by atoms with E-state index >= 15 is 0 Å². The van der Waals surface area contributed by atoms with E-state index in [9.17, 15) is 0 Å². The van der Waals surface area contributed by atoms with Gasteiger partial charge in [0.1, 0.15) is 0 Å². The van der Waals surface area contributed by atoms with Gasteiger partial charge in [0.05, 0.1) is 5.69 Å². The quantitative estimate of drug-likeness (QED) is 0.379. The van der Waals surface area contributed by atoms with E-state index in [0.717, 1.165) is 11.0 Å². The van der Waals surface area contributed by atoms with E-state index in [1.165, 1.54) is 22.4 Å². The SMILES string of the molecule is CC(C)c1cccc(N=Cc2ccccc2[CH2][Al]([CH3])[NH]c2ccccc2)c1. The van der Waals surface area contributed by atoms with E-state index in [2.05, 4.69) is 103 Å². The van der Waals surface area contributed by atoms with E-state index < -0.39 is 14.4 Å². The third kappa shape index (κ3) is 5.82. The summed E-state index contributed by atoms with van der Waals surface area (Å²) in [6.45, 7) is 4.42. The molecule has 0 radical (unpaired) electrons. The minimum Gasteiger partial charge on any atom is -0.476 e. The summed E-state index contributed by atoms with van der Waals surface area (Å²) >= 11 is -1.12. The van der Waals surface area contributed by atoms with Crippen LogP contribution in [-0.2, 0) is 5.28 Å². The van der Waals surface area contributed by atoms with Gasteiger partial charge < -0.3 is 4.30 Å². The largest absolute Gasteiger partial charge is 0.476 e. The Morgan fingerprint density at radius 1 is 0.926 bits per heavy atom. The van der Waals surface area contributed by atoms with Gasteiger partial charge in [0.2, 0.25) is 0 Å². The Bertz CT molecular complexity index is 888. The predicted octanol–water partition coefficient (Wildman–Crippen LogP) is 6.38. The number of aliphatic imine (C=N–C) groups is 1. The van der Waals surface area contributed by atoms with Crippen LogP contribution in [0.3, 0.4) is 0 Å². The standard InChI is InChI=1S/C17H18N.C6H6N.CH3.Al/c1-13(2)15-9-6-10-17(11-15)18-12-16-8-5-4-7-14(16)3;7-6-4-2-1-3-5-6;;/h4-13H,3H2,1-2H3;1-5,7H;1H3;/q;-1;;+1. The normalized spacial score (nSPS) is 11.1. The third-order valence-corrected chi connectivity index (χ3v) is 6.54. The molecule has 2 nitrogen and oxygen atoms in total. The Balaban J connectivity index is 1.73. The average Bonchev–Trinajstić information content (AvgIpc) is 2.68. The number of para-hydroxylation sites is 1. The summed E-state index contributed by atoms with van der Waals surface area (Å²) in [7, 11) is 0. The molecule has 0 bridgehead atoms. The minimum absolute atomic E-state index is 0.517. The van der Waals surface area contributed by atoms with Crippen molar-refractivity contribution in [2.75, 3.05) is 4.30 Å². The summed E-state index contributed by atoms with van der Waals surface area (Å²) in [5, 5.41) is 1.09. The van der Waals surface area contributed by atoms with Crippen LogP contribution in [0.2, 0.25) is 5.79 Å². The van der Waals surface area contributed by atoms with E-state index in [1.54, 1.807) is 0 Å². The molecule has 0 saturated heterocycles. The van der Waals surface area contributed by atoms with Gasteiger partial charge >= 0.3 is 14.4 Å². The Hall–Kier alpha value is -2.34. The van der Waals surface area contributed by atoms with Gasteiger partial charge in [-0.2, -0.15) is 0 Å². The number of nitrogens with one attached hydrogen (secondary N) is 1. The molecule has 1 N–H and O–H groups in total. The van der Waals surface area contributed by atoms with Gasteiger partial charge in [-0.05, 0) is 46.6 Å². The second kappa shape index (κ2) is 9.56. The number of hydrogen-bond acceptors (Lipinski definition) is 2. The average molecular weight is 370 g/mol. The van der Waals surface area contributed by atoms with Crippen molar-refractivity contribution in [3.8, 4) is 0 Å². The third-order valence-electron chi connectivity index (χ3n) is 4.66. The molecule has 3 rings (SSSR count). The lowest BCUT2D eigenvalue weighted by Crippen LogP contribution is -2.24. The first kappa shape index (κ1) is 19.4. The number of anilines is 1. The maximum atomic E-state index is 4.74. The summed E-state index contributed by atoms with van der Waals surface area (Å²) in [5.41, 5.74) is 6.13. The van der Waals surface area contributed by atoms with Gasteiger partial charge in [0, 0.05) is 11.9 Å². The Morgan fingerprint density at radius 3 is 2.44 bits per heavy atom. The topological polar surface area (TPSA) is 24.4 Å². The molecule has 0 aliphatic heterocycles. The second-order valence-corrected chi connectivity index (χ2v) is 9.82. The van der Waals surface area contributed by atoms with Crippen LogP contribution in [0.5, 0.6) is 0 Å². The molecule has 27 heavy (non-hydrogen) atoms. The maximum absolute atomic E-state index is 4.74. The first-order chi connectivity index (χ1) is 13.1. The Labute approximate surface area is 167 Å². The summed E-state index contributed by atoms with van der Waals surface area (Å²) in [6, 6.07) is 27.6. The lowest BCUT2D eigenvalue weighted by atomic mass is 10.0.